The highest BCUT2D eigenvalue weighted by molar-refractivity contribution is 6.23. The maximum atomic E-state index is 16.1. The number of esters is 1. The molecule has 1 spiro atoms. The molecule has 0 unspecified atom stereocenters. The van der Waals surface area contributed by atoms with E-state index in [1.54, 1.807) is 42.5 Å². The van der Waals surface area contributed by atoms with Crippen LogP contribution in [0.2, 0.25) is 0 Å². The van der Waals surface area contributed by atoms with Crippen LogP contribution in [0.5, 0.6) is 5.75 Å². The van der Waals surface area contributed by atoms with E-state index in [0.29, 0.717) is 28.0 Å². The molecule has 2 fully saturated rings. The van der Waals surface area contributed by atoms with E-state index >= 15 is 4.79 Å². The summed E-state index contributed by atoms with van der Waals surface area (Å²) in [6.07, 6.45) is 3.91. The monoisotopic (exact) mass is 872 g/mol. The Bertz CT molecular complexity index is 2750. The lowest BCUT2D eigenvalue weighted by Crippen LogP contribution is -2.55. The van der Waals surface area contributed by atoms with Gasteiger partial charge in [0.05, 0.1) is 35.2 Å². The minimum Gasteiger partial charge on any atom is -0.491 e. The van der Waals surface area contributed by atoms with Crippen molar-refractivity contribution in [2.24, 2.45) is 11.7 Å². The van der Waals surface area contributed by atoms with E-state index in [9.17, 15) is 29.6 Å². The van der Waals surface area contributed by atoms with Gasteiger partial charge in [-0.3, -0.25) is 29.4 Å². The van der Waals surface area contributed by atoms with Crippen molar-refractivity contribution in [3.8, 4) is 17.6 Å². The van der Waals surface area contributed by atoms with E-state index < -0.39 is 64.4 Å². The van der Waals surface area contributed by atoms with Gasteiger partial charge in [-0.2, -0.15) is 0 Å². The normalized spacial score (nSPS) is 23.4. The fourth-order valence-corrected chi connectivity index (χ4v) is 9.93. The van der Waals surface area contributed by atoms with Gasteiger partial charge in [-0.25, -0.2) is 9.69 Å². The molecule has 5 aromatic rings. The van der Waals surface area contributed by atoms with E-state index in [4.69, 9.17) is 19.9 Å². The average Bonchev–Trinajstić information content (AvgIpc) is 3.79. The minimum absolute atomic E-state index is 0.0227. The molecule has 3 heterocycles. The number of cyclic esters (lactones) is 1. The zero-order valence-electron chi connectivity index (χ0n) is 35.1. The van der Waals surface area contributed by atoms with E-state index in [0.717, 1.165) is 41.7 Å². The highest BCUT2D eigenvalue weighted by Crippen LogP contribution is 2.65. The molecule has 65 heavy (non-hydrogen) atoms. The van der Waals surface area contributed by atoms with E-state index in [1.807, 2.05) is 65.6 Å². The van der Waals surface area contributed by atoms with Gasteiger partial charge >= 0.3 is 12.1 Å². The topological polar surface area (TPSA) is 192 Å². The number of ether oxygens (including phenoxy) is 3. The minimum atomic E-state index is -2.08. The zero-order chi connectivity index (χ0) is 45.2. The van der Waals surface area contributed by atoms with Gasteiger partial charge in [-0.05, 0) is 102 Å². The molecule has 3 amide bonds. The van der Waals surface area contributed by atoms with Crippen LogP contribution in [0.1, 0.15) is 77.3 Å². The Kier molecular flexibility index (Phi) is 11.7. The van der Waals surface area contributed by atoms with E-state index in [1.165, 1.54) is 24.3 Å². The summed E-state index contributed by atoms with van der Waals surface area (Å²) in [6, 6.07) is 32.4. The predicted molar refractivity (Wildman–Crippen MR) is 237 cm³/mol. The number of nitro groups is 1. The van der Waals surface area contributed by atoms with Gasteiger partial charge in [0.25, 0.3) is 5.69 Å². The molecule has 14 nitrogen and oxygen atoms in total. The number of fused-ring (bicyclic) bond motifs is 3. The fourth-order valence-electron chi connectivity index (χ4n) is 9.93. The number of carbonyl (C=O) groups is 4. The van der Waals surface area contributed by atoms with Crippen LogP contribution in [-0.2, 0) is 35.9 Å². The summed E-state index contributed by atoms with van der Waals surface area (Å²) < 4.78 is 17.9. The number of allylic oxidation sites excluding steroid dienone is 2. The Labute approximate surface area is 374 Å². The zero-order valence-corrected chi connectivity index (χ0v) is 35.1. The van der Waals surface area contributed by atoms with Crippen LogP contribution in [0.25, 0.3) is 0 Å². The Morgan fingerprint density at radius 3 is 2.22 bits per heavy atom. The van der Waals surface area contributed by atoms with Gasteiger partial charge in [-0.1, -0.05) is 90.7 Å². The molecule has 0 radical (unpaired) electrons. The van der Waals surface area contributed by atoms with Crippen LogP contribution in [0.4, 0.5) is 16.2 Å². The number of non-ortho nitro benzene ring substituents is 1. The number of nitrogens with zero attached hydrogens (tertiary/aromatic N) is 3. The van der Waals surface area contributed by atoms with Crippen LogP contribution < -0.4 is 15.4 Å². The smallest absolute Gasteiger partial charge is 0.421 e. The summed E-state index contributed by atoms with van der Waals surface area (Å²) in [5, 5.41) is 20.8. The number of hydrogen-bond acceptors (Lipinski definition) is 11. The summed E-state index contributed by atoms with van der Waals surface area (Å²) in [5.74, 6) is 2.73. The molecular weight excluding hydrogens is 829 g/mol. The number of benzene rings is 5. The first-order valence-electron chi connectivity index (χ1n) is 21.4. The van der Waals surface area contributed by atoms with Gasteiger partial charge in [0, 0.05) is 17.7 Å². The van der Waals surface area contributed by atoms with Gasteiger partial charge in [0.2, 0.25) is 11.8 Å². The highest BCUT2D eigenvalue weighted by atomic mass is 16.6. The van der Waals surface area contributed by atoms with Gasteiger partial charge in [0.1, 0.15) is 36.5 Å². The van der Waals surface area contributed by atoms with Gasteiger partial charge in [0.15, 0.2) is 0 Å². The summed E-state index contributed by atoms with van der Waals surface area (Å²) >= 11 is 0. The average molecular weight is 873 g/mol. The fraction of sp³-hybridized carbons (Fsp3) is 0.255. The number of aliphatic hydroxyl groups excluding tert-OH is 1. The molecule has 0 aromatic heterocycles. The molecule has 3 aliphatic heterocycles. The first-order valence-corrected chi connectivity index (χ1v) is 21.4. The number of imide groups is 1. The number of primary amides is 1. The quantitative estimate of drug-likeness (QED) is 0.0619. The van der Waals surface area contributed by atoms with Crippen LogP contribution in [-0.4, -0.2) is 58.1 Å². The summed E-state index contributed by atoms with van der Waals surface area (Å²) in [6.45, 7) is -0.556. The summed E-state index contributed by atoms with van der Waals surface area (Å²) in [5.41, 5.74) is 8.36. The Hall–Kier alpha value is -7.60. The van der Waals surface area contributed by atoms with Crippen LogP contribution in [0.3, 0.4) is 0 Å². The Morgan fingerprint density at radius 2 is 1.57 bits per heavy atom. The second-order valence-corrected chi connectivity index (χ2v) is 16.4. The van der Waals surface area contributed by atoms with E-state index in [-0.39, 0.29) is 36.8 Å². The summed E-state index contributed by atoms with van der Waals surface area (Å²) in [7, 11) is 0. The van der Waals surface area contributed by atoms with Crippen molar-refractivity contribution in [1.29, 1.82) is 0 Å². The van der Waals surface area contributed by atoms with Crippen LogP contribution >= 0.6 is 0 Å². The van der Waals surface area contributed by atoms with Crippen molar-refractivity contribution in [1.82, 2.24) is 4.90 Å². The number of rotatable bonds is 10. The van der Waals surface area contributed by atoms with E-state index in [2.05, 4.69) is 17.9 Å². The lowest BCUT2D eigenvalue weighted by molar-refractivity contribution is -0.384. The molecule has 328 valence electrons. The number of carbonyl (C=O) groups excluding carboxylic acids is 4. The lowest BCUT2D eigenvalue weighted by Gasteiger charge is -2.46. The van der Waals surface area contributed by atoms with Crippen molar-refractivity contribution in [3.63, 3.8) is 0 Å². The molecule has 9 rings (SSSR count). The van der Waals surface area contributed by atoms with Gasteiger partial charge in [-0.15, -0.1) is 0 Å². The van der Waals surface area contributed by atoms with Crippen molar-refractivity contribution < 1.29 is 43.4 Å². The maximum absolute atomic E-state index is 16.1. The number of aliphatic hydroxyl groups is 1. The molecule has 0 bridgehead atoms. The van der Waals surface area contributed by atoms with Crippen molar-refractivity contribution in [3.05, 3.63) is 183 Å². The van der Waals surface area contributed by atoms with Crippen molar-refractivity contribution >= 4 is 35.3 Å². The third kappa shape index (κ3) is 7.68. The number of hydrogen-bond donors (Lipinski definition) is 2. The molecule has 5 aromatic carbocycles. The maximum Gasteiger partial charge on any atom is 0.421 e. The third-order valence-electron chi connectivity index (χ3n) is 12.7. The highest BCUT2D eigenvalue weighted by Gasteiger charge is 2.75. The third-order valence-corrected chi connectivity index (χ3v) is 12.7. The first-order chi connectivity index (χ1) is 31.6. The number of nitrogens with two attached hydrogens (primary N) is 1. The predicted octanol–water partition coefficient (Wildman–Crippen LogP) is 7.31. The standard InChI is InChI=1S/C51H44N4O10/c52-47(57)42-44-48(58)65-45(36-14-8-3-9-15-36)43(35-12-6-2-7-13-35)54(44)46(37-21-25-39(26-22-37)63-29-28-56)51(42)40-30-33(17-16-32-10-4-1-5-11-32)20-27-41(40)53(49(51)59)50(60)64-31-34-18-23-38(24-19-34)55(61)62/h2-3,6-10,12-15,18-27,30,42-46,56H,1,4-5,11,28-29,31H2,(H2,52,57)/t42-,43-,44-,45+,46+,51-/m0/s1. The van der Waals surface area contributed by atoms with Gasteiger partial charge < -0.3 is 25.1 Å². The first kappa shape index (κ1) is 42.7. The molecule has 3 N–H and O–H groups in total. The number of morpholine rings is 1. The second-order valence-electron chi connectivity index (χ2n) is 16.4. The molecular formula is C51H44N4O10. The Balaban J connectivity index is 1.27. The molecule has 0 saturated carbocycles. The number of nitro benzene ring substituents is 1. The Morgan fingerprint density at radius 1 is 0.862 bits per heavy atom. The van der Waals surface area contributed by atoms with Crippen LogP contribution in [0, 0.1) is 27.9 Å². The SMILES string of the molecule is NC(=O)[C@@H]1[C@H]2C(=O)O[C@H](c3ccccc3)[C@H](c3ccccc3)N2[C@H](c2ccc(OCCO)cc2)[C@@]12C(=O)N(C(=O)OCc1ccc([N+](=O)[O-])cc1)c1ccc(C#CC3=CCCCC3)cc12. The van der Waals surface area contributed by atoms with Crippen molar-refractivity contribution in [2.45, 2.75) is 61.9 Å². The number of amides is 3. The van der Waals surface area contributed by atoms with Crippen LogP contribution in [0.15, 0.2) is 139 Å². The molecule has 14 heteroatoms. The van der Waals surface area contributed by atoms with Crippen molar-refractivity contribution in [2.75, 3.05) is 18.1 Å². The summed E-state index contributed by atoms with van der Waals surface area (Å²) in [4.78, 5) is 73.6. The second kappa shape index (κ2) is 17.9. The largest absolute Gasteiger partial charge is 0.491 e. The number of anilines is 1. The molecule has 6 atom stereocenters. The molecule has 4 aliphatic rings. The lowest BCUT2D eigenvalue weighted by atomic mass is 9.65. The molecule has 2 saturated heterocycles. The molecule has 1 aliphatic carbocycles.